The van der Waals surface area contributed by atoms with Crippen LogP contribution < -0.4 is 5.73 Å². The maximum atomic E-state index is 10.9. The summed E-state index contributed by atoms with van der Waals surface area (Å²) in [5, 5.41) is 7.81. The maximum absolute atomic E-state index is 10.9. The van der Waals surface area contributed by atoms with E-state index in [9.17, 15) is 4.79 Å². The van der Waals surface area contributed by atoms with E-state index in [2.05, 4.69) is 10.2 Å². The molecule has 1 heterocycles. The normalized spacial score (nSPS) is 10.5. The minimum atomic E-state index is -0.414. The van der Waals surface area contributed by atoms with Crippen LogP contribution in [0.3, 0.4) is 0 Å². The Morgan fingerprint density at radius 1 is 1.54 bits per heavy atom. The predicted octanol–water partition coefficient (Wildman–Crippen LogP) is 0.970. The molecule has 4 nitrogen and oxygen atoms in total. The van der Waals surface area contributed by atoms with Crippen molar-refractivity contribution in [2.45, 2.75) is 6.92 Å². The van der Waals surface area contributed by atoms with Crippen molar-refractivity contribution in [1.82, 2.24) is 10.2 Å². The van der Waals surface area contributed by atoms with Crippen LogP contribution in [0.1, 0.15) is 16.1 Å². The second-order valence-electron chi connectivity index (χ2n) is 2.93. The van der Waals surface area contributed by atoms with Gasteiger partial charge in [0.15, 0.2) is 0 Å². The second kappa shape index (κ2) is 2.58. The zero-order chi connectivity index (χ0) is 9.42. The van der Waals surface area contributed by atoms with Crippen molar-refractivity contribution in [2.75, 3.05) is 0 Å². The SMILES string of the molecule is Cc1n[nH]c2ccc(C(N)=O)cc12. The van der Waals surface area contributed by atoms with Crippen molar-refractivity contribution in [3.05, 3.63) is 29.5 Å². The molecule has 3 N–H and O–H groups in total. The number of benzene rings is 1. The molecule has 0 fully saturated rings. The van der Waals surface area contributed by atoms with Crippen LogP contribution in [-0.4, -0.2) is 16.1 Å². The van der Waals surface area contributed by atoms with Gasteiger partial charge in [-0.3, -0.25) is 9.89 Å². The predicted molar refractivity (Wildman–Crippen MR) is 49.3 cm³/mol. The number of rotatable bonds is 1. The summed E-state index contributed by atoms with van der Waals surface area (Å²) in [6, 6.07) is 5.23. The minimum absolute atomic E-state index is 0.414. The molecule has 13 heavy (non-hydrogen) atoms. The van der Waals surface area contributed by atoms with Gasteiger partial charge in [-0.05, 0) is 25.1 Å². The quantitative estimate of drug-likeness (QED) is 0.677. The number of nitrogens with zero attached hydrogens (tertiary/aromatic N) is 1. The fourth-order valence-corrected chi connectivity index (χ4v) is 1.30. The first-order valence-electron chi connectivity index (χ1n) is 3.93. The van der Waals surface area contributed by atoms with E-state index in [1.165, 1.54) is 0 Å². The Morgan fingerprint density at radius 3 is 3.00 bits per heavy atom. The van der Waals surface area contributed by atoms with Crippen LogP contribution in [0.2, 0.25) is 0 Å². The van der Waals surface area contributed by atoms with Gasteiger partial charge in [-0.15, -0.1) is 0 Å². The number of carbonyl (C=O) groups is 1. The molecule has 1 aromatic heterocycles. The van der Waals surface area contributed by atoms with Crippen LogP contribution in [0.4, 0.5) is 0 Å². The lowest BCUT2D eigenvalue weighted by molar-refractivity contribution is 0.100. The van der Waals surface area contributed by atoms with Crippen molar-refractivity contribution in [3.8, 4) is 0 Å². The Hall–Kier alpha value is -1.84. The first-order valence-corrected chi connectivity index (χ1v) is 3.93. The van der Waals surface area contributed by atoms with Crippen molar-refractivity contribution in [2.24, 2.45) is 5.73 Å². The first-order chi connectivity index (χ1) is 6.18. The van der Waals surface area contributed by atoms with Crippen LogP contribution in [0.15, 0.2) is 18.2 Å². The number of hydrogen-bond donors (Lipinski definition) is 2. The zero-order valence-electron chi connectivity index (χ0n) is 7.16. The fourth-order valence-electron chi connectivity index (χ4n) is 1.30. The summed E-state index contributed by atoms with van der Waals surface area (Å²) in [6.45, 7) is 1.88. The number of primary amides is 1. The molecule has 0 aliphatic heterocycles. The summed E-state index contributed by atoms with van der Waals surface area (Å²) in [7, 11) is 0. The number of H-pyrrole nitrogens is 1. The van der Waals surface area contributed by atoms with Crippen molar-refractivity contribution in [3.63, 3.8) is 0 Å². The fraction of sp³-hybridized carbons (Fsp3) is 0.111. The molecule has 0 bridgehead atoms. The number of nitrogens with one attached hydrogen (secondary N) is 1. The van der Waals surface area contributed by atoms with Gasteiger partial charge >= 0.3 is 0 Å². The largest absolute Gasteiger partial charge is 0.366 e. The van der Waals surface area contributed by atoms with Gasteiger partial charge in [0.1, 0.15) is 0 Å². The Bertz CT molecular complexity index is 473. The highest BCUT2D eigenvalue weighted by Crippen LogP contribution is 2.16. The third kappa shape index (κ3) is 1.16. The van der Waals surface area contributed by atoms with E-state index in [-0.39, 0.29) is 0 Å². The number of carbonyl (C=O) groups excluding carboxylic acids is 1. The second-order valence-corrected chi connectivity index (χ2v) is 2.93. The summed E-state index contributed by atoms with van der Waals surface area (Å²) in [5.41, 5.74) is 7.46. The first kappa shape index (κ1) is 7.79. The highest BCUT2D eigenvalue weighted by atomic mass is 16.1. The van der Waals surface area contributed by atoms with Gasteiger partial charge in [0.2, 0.25) is 5.91 Å². The van der Waals surface area contributed by atoms with Crippen LogP contribution in [-0.2, 0) is 0 Å². The molecular weight excluding hydrogens is 166 g/mol. The van der Waals surface area contributed by atoms with Crippen LogP contribution >= 0.6 is 0 Å². The molecule has 0 atom stereocenters. The molecule has 1 amide bonds. The lowest BCUT2D eigenvalue weighted by Gasteiger charge is -1.94. The van der Waals surface area contributed by atoms with Gasteiger partial charge in [-0.2, -0.15) is 5.10 Å². The Kier molecular flexibility index (Phi) is 1.55. The summed E-state index contributed by atoms with van der Waals surface area (Å²) in [5.74, 6) is -0.414. The Labute approximate surface area is 74.7 Å². The topological polar surface area (TPSA) is 71.8 Å². The zero-order valence-corrected chi connectivity index (χ0v) is 7.16. The van der Waals surface area contributed by atoms with Gasteiger partial charge in [0, 0.05) is 10.9 Å². The summed E-state index contributed by atoms with van der Waals surface area (Å²) in [6.07, 6.45) is 0. The number of aromatic amines is 1. The molecular formula is C9H9N3O. The number of aryl methyl sites for hydroxylation is 1. The third-order valence-electron chi connectivity index (χ3n) is 2.04. The van der Waals surface area contributed by atoms with Crippen LogP contribution in [0, 0.1) is 6.92 Å². The van der Waals surface area contributed by atoms with Crippen molar-refractivity contribution < 1.29 is 4.79 Å². The summed E-state index contributed by atoms with van der Waals surface area (Å²) in [4.78, 5) is 10.9. The highest BCUT2D eigenvalue weighted by molar-refractivity contribution is 5.97. The van der Waals surface area contributed by atoms with Gasteiger partial charge in [0.05, 0.1) is 11.2 Å². The third-order valence-corrected chi connectivity index (χ3v) is 2.04. The lowest BCUT2D eigenvalue weighted by Crippen LogP contribution is -2.10. The molecule has 0 saturated carbocycles. The van der Waals surface area contributed by atoms with Gasteiger partial charge in [0.25, 0.3) is 0 Å². The molecule has 0 radical (unpaired) electrons. The van der Waals surface area contributed by atoms with Gasteiger partial charge in [-0.1, -0.05) is 0 Å². The summed E-state index contributed by atoms with van der Waals surface area (Å²) >= 11 is 0. The molecule has 4 heteroatoms. The van der Waals surface area contributed by atoms with E-state index in [0.29, 0.717) is 5.56 Å². The van der Waals surface area contributed by atoms with E-state index in [0.717, 1.165) is 16.6 Å². The van der Waals surface area contributed by atoms with Crippen molar-refractivity contribution >= 4 is 16.8 Å². The smallest absolute Gasteiger partial charge is 0.248 e. The summed E-state index contributed by atoms with van der Waals surface area (Å²) < 4.78 is 0. The number of hydrogen-bond acceptors (Lipinski definition) is 2. The number of nitrogens with two attached hydrogens (primary N) is 1. The van der Waals surface area contributed by atoms with Crippen LogP contribution in [0.5, 0.6) is 0 Å². The van der Waals surface area contributed by atoms with E-state index >= 15 is 0 Å². The molecule has 0 spiro atoms. The molecule has 2 rings (SSSR count). The highest BCUT2D eigenvalue weighted by Gasteiger charge is 2.04. The lowest BCUT2D eigenvalue weighted by atomic mass is 10.1. The van der Waals surface area contributed by atoms with Crippen molar-refractivity contribution in [1.29, 1.82) is 0 Å². The molecule has 1 aromatic carbocycles. The maximum Gasteiger partial charge on any atom is 0.248 e. The van der Waals surface area contributed by atoms with E-state index < -0.39 is 5.91 Å². The average molecular weight is 175 g/mol. The van der Waals surface area contributed by atoms with E-state index in [4.69, 9.17) is 5.73 Å². The molecule has 2 aromatic rings. The standard InChI is InChI=1S/C9H9N3O/c1-5-7-4-6(9(10)13)2-3-8(7)12-11-5/h2-4H,1H3,(H2,10,13)(H,11,12). The van der Waals surface area contributed by atoms with Gasteiger partial charge < -0.3 is 5.73 Å². The number of amides is 1. The average Bonchev–Trinajstić information content (AvgIpc) is 2.47. The molecule has 0 unspecified atom stereocenters. The molecule has 0 aliphatic rings. The Balaban J connectivity index is 2.72. The van der Waals surface area contributed by atoms with Crippen LogP contribution in [0.25, 0.3) is 10.9 Å². The van der Waals surface area contributed by atoms with E-state index in [1.54, 1.807) is 18.2 Å². The monoisotopic (exact) mass is 175 g/mol. The Morgan fingerprint density at radius 2 is 2.31 bits per heavy atom. The number of aromatic nitrogens is 2. The molecule has 0 saturated heterocycles. The number of fused-ring (bicyclic) bond motifs is 1. The van der Waals surface area contributed by atoms with Gasteiger partial charge in [-0.25, -0.2) is 0 Å². The van der Waals surface area contributed by atoms with E-state index in [1.807, 2.05) is 6.92 Å². The molecule has 0 aliphatic carbocycles. The minimum Gasteiger partial charge on any atom is -0.366 e. The molecule has 66 valence electrons.